The first-order chi connectivity index (χ1) is 4.43. The van der Waals surface area contributed by atoms with Gasteiger partial charge in [0.2, 0.25) is 0 Å². The number of nitrogens with zero attached hydrogens (tertiary/aromatic N) is 1. The van der Waals surface area contributed by atoms with E-state index in [-0.39, 0.29) is 5.92 Å². The van der Waals surface area contributed by atoms with Crippen molar-refractivity contribution in [2.45, 2.75) is 5.92 Å². The molecular weight excluding hydrogens is 114 g/mol. The third kappa shape index (κ3) is 0.499. The molecule has 0 N–H and O–H groups in total. The third-order valence-corrected chi connectivity index (χ3v) is 1.55. The summed E-state index contributed by atoms with van der Waals surface area (Å²) >= 11 is 0. The minimum Gasteiger partial charge on any atom is -0.302 e. The van der Waals surface area contributed by atoms with E-state index < -0.39 is 0 Å². The van der Waals surface area contributed by atoms with Crippen molar-refractivity contribution in [3.63, 3.8) is 0 Å². The predicted octanol–water partition coefficient (Wildman–Crippen LogP) is 0.726. The molecule has 0 radical (unpaired) electrons. The molecule has 1 aliphatic carbocycles. The van der Waals surface area contributed by atoms with E-state index in [9.17, 15) is 4.79 Å². The van der Waals surface area contributed by atoms with Crippen molar-refractivity contribution in [3.05, 3.63) is 29.6 Å². The van der Waals surface area contributed by atoms with Gasteiger partial charge in [-0.05, 0) is 11.6 Å². The van der Waals surface area contributed by atoms with Crippen LogP contribution in [0.2, 0.25) is 0 Å². The maximum Gasteiger partial charge on any atom is 0.133 e. The maximum atomic E-state index is 10.2. The Morgan fingerprint density at radius 2 is 2.56 bits per heavy atom. The molecule has 1 unspecified atom stereocenters. The van der Waals surface area contributed by atoms with Crippen LogP contribution in [0.1, 0.15) is 17.2 Å². The summed E-state index contributed by atoms with van der Waals surface area (Å²) in [4.78, 5) is 14.2. The Balaban J connectivity index is 2.46. The zero-order valence-electron chi connectivity index (χ0n) is 4.74. The highest BCUT2D eigenvalue weighted by atomic mass is 16.1. The first kappa shape index (κ1) is 4.68. The SMILES string of the molecule is O=CC1c2cccnc21. The van der Waals surface area contributed by atoms with Crippen molar-refractivity contribution in [2.24, 2.45) is 0 Å². The minimum atomic E-state index is 0.0278. The van der Waals surface area contributed by atoms with Crippen LogP contribution in [0.25, 0.3) is 0 Å². The quantitative estimate of drug-likeness (QED) is 0.510. The van der Waals surface area contributed by atoms with E-state index >= 15 is 0 Å². The highest BCUT2D eigenvalue weighted by Gasteiger charge is 2.32. The Hall–Kier alpha value is -1.18. The molecule has 0 aliphatic heterocycles. The summed E-state index contributed by atoms with van der Waals surface area (Å²) in [5.41, 5.74) is 2.04. The second-order valence-electron chi connectivity index (χ2n) is 2.09. The number of pyridine rings is 1. The number of aldehydes is 1. The van der Waals surface area contributed by atoms with E-state index in [2.05, 4.69) is 4.98 Å². The molecule has 0 amide bonds. The molecule has 1 heterocycles. The molecule has 2 heteroatoms. The Kier molecular flexibility index (Phi) is 0.730. The Bertz CT molecular complexity index is 234. The van der Waals surface area contributed by atoms with Gasteiger partial charge >= 0.3 is 0 Å². The lowest BCUT2D eigenvalue weighted by molar-refractivity contribution is -0.107. The number of aromatic nitrogens is 1. The topological polar surface area (TPSA) is 30.0 Å². The van der Waals surface area contributed by atoms with Crippen LogP contribution in [0.4, 0.5) is 0 Å². The van der Waals surface area contributed by atoms with E-state index in [4.69, 9.17) is 0 Å². The number of hydrogen-bond donors (Lipinski definition) is 0. The summed E-state index contributed by atoms with van der Waals surface area (Å²) < 4.78 is 0. The average molecular weight is 119 g/mol. The molecule has 0 aromatic carbocycles. The van der Waals surface area contributed by atoms with Gasteiger partial charge in [0.15, 0.2) is 0 Å². The van der Waals surface area contributed by atoms with Crippen molar-refractivity contribution >= 4 is 6.29 Å². The molecule has 2 rings (SSSR count). The first-order valence-corrected chi connectivity index (χ1v) is 2.83. The Morgan fingerprint density at radius 3 is 3.11 bits per heavy atom. The molecule has 9 heavy (non-hydrogen) atoms. The van der Waals surface area contributed by atoms with Crippen LogP contribution in [0.5, 0.6) is 0 Å². The summed E-state index contributed by atoms with van der Waals surface area (Å²) in [5, 5.41) is 0. The van der Waals surface area contributed by atoms with Crippen LogP contribution in [0.3, 0.4) is 0 Å². The molecule has 1 atom stereocenters. The molecule has 0 saturated carbocycles. The molecule has 0 spiro atoms. The van der Waals surface area contributed by atoms with Crippen LogP contribution in [-0.4, -0.2) is 11.3 Å². The standard InChI is InChI=1S/C7H5NO/c9-4-6-5-2-1-3-8-7(5)6/h1-4,6H. The largest absolute Gasteiger partial charge is 0.302 e. The molecule has 2 nitrogen and oxygen atoms in total. The van der Waals surface area contributed by atoms with Crippen molar-refractivity contribution < 1.29 is 4.79 Å². The molecule has 0 bridgehead atoms. The summed E-state index contributed by atoms with van der Waals surface area (Å²) in [6.07, 6.45) is 2.64. The zero-order valence-corrected chi connectivity index (χ0v) is 4.74. The van der Waals surface area contributed by atoms with Crippen molar-refractivity contribution in [2.75, 3.05) is 0 Å². The van der Waals surface area contributed by atoms with Crippen LogP contribution in [0, 0.1) is 0 Å². The van der Waals surface area contributed by atoms with E-state index in [0.717, 1.165) is 17.5 Å². The average Bonchev–Trinajstić information content (AvgIpc) is 2.60. The lowest BCUT2D eigenvalue weighted by Gasteiger charge is -1.69. The van der Waals surface area contributed by atoms with Crippen LogP contribution in [0.15, 0.2) is 18.3 Å². The van der Waals surface area contributed by atoms with Gasteiger partial charge < -0.3 is 4.79 Å². The van der Waals surface area contributed by atoms with E-state index in [1.54, 1.807) is 6.20 Å². The lowest BCUT2D eigenvalue weighted by atomic mass is 10.4. The van der Waals surface area contributed by atoms with Gasteiger partial charge in [0.05, 0.1) is 11.6 Å². The van der Waals surface area contributed by atoms with Gasteiger partial charge in [-0.1, -0.05) is 6.07 Å². The third-order valence-electron chi connectivity index (χ3n) is 1.55. The van der Waals surface area contributed by atoms with Gasteiger partial charge in [0, 0.05) is 6.20 Å². The Labute approximate surface area is 52.5 Å². The fourth-order valence-corrected chi connectivity index (χ4v) is 0.996. The molecular formula is C7H5NO. The number of carbonyl (C=O) groups is 1. The lowest BCUT2D eigenvalue weighted by Crippen LogP contribution is -1.72. The van der Waals surface area contributed by atoms with Gasteiger partial charge in [-0.3, -0.25) is 4.98 Å². The highest BCUT2D eigenvalue weighted by Crippen LogP contribution is 2.38. The monoisotopic (exact) mass is 119 g/mol. The maximum absolute atomic E-state index is 10.2. The second kappa shape index (κ2) is 1.41. The van der Waals surface area contributed by atoms with Gasteiger partial charge in [0.25, 0.3) is 0 Å². The summed E-state index contributed by atoms with van der Waals surface area (Å²) in [7, 11) is 0. The van der Waals surface area contributed by atoms with Gasteiger partial charge in [0.1, 0.15) is 6.29 Å². The summed E-state index contributed by atoms with van der Waals surface area (Å²) in [6, 6.07) is 3.78. The van der Waals surface area contributed by atoms with E-state index in [1.165, 1.54) is 0 Å². The van der Waals surface area contributed by atoms with Gasteiger partial charge in [-0.15, -0.1) is 0 Å². The van der Waals surface area contributed by atoms with Crippen molar-refractivity contribution in [3.8, 4) is 0 Å². The van der Waals surface area contributed by atoms with Crippen molar-refractivity contribution in [1.29, 1.82) is 0 Å². The zero-order chi connectivity index (χ0) is 6.27. The second-order valence-corrected chi connectivity index (χ2v) is 2.09. The molecule has 44 valence electrons. The van der Waals surface area contributed by atoms with Crippen molar-refractivity contribution in [1.82, 2.24) is 4.98 Å². The summed E-state index contributed by atoms with van der Waals surface area (Å²) in [6.45, 7) is 0. The van der Waals surface area contributed by atoms with Crippen LogP contribution >= 0.6 is 0 Å². The number of rotatable bonds is 1. The molecule has 0 fully saturated rings. The fraction of sp³-hybridized carbons (Fsp3) is 0.143. The normalized spacial score (nSPS) is 20.7. The number of carbonyl (C=O) groups excluding carboxylic acids is 1. The highest BCUT2D eigenvalue weighted by molar-refractivity contribution is 5.77. The smallest absolute Gasteiger partial charge is 0.133 e. The van der Waals surface area contributed by atoms with Crippen LogP contribution in [-0.2, 0) is 4.79 Å². The number of fused-ring (bicyclic) bond motifs is 1. The van der Waals surface area contributed by atoms with Crippen LogP contribution < -0.4 is 0 Å². The predicted molar refractivity (Wildman–Crippen MR) is 32.1 cm³/mol. The summed E-state index contributed by atoms with van der Waals surface area (Å²) in [5.74, 6) is 0.0278. The Morgan fingerprint density at radius 1 is 1.67 bits per heavy atom. The number of hydrogen-bond acceptors (Lipinski definition) is 2. The van der Waals surface area contributed by atoms with E-state index in [1.807, 2.05) is 12.1 Å². The van der Waals surface area contributed by atoms with Gasteiger partial charge in [-0.25, -0.2) is 0 Å². The molecule has 0 saturated heterocycles. The molecule has 1 aromatic heterocycles. The molecule has 1 aromatic rings. The minimum absolute atomic E-state index is 0.0278. The first-order valence-electron chi connectivity index (χ1n) is 2.83. The van der Waals surface area contributed by atoms with Gasteiger partial charge in [-0.2, -0.15) is 0 Å². The molecule has 1 aliphatic rings. The van der Waals surface area contributed by atoms with E-state index in [0.29, 0.717) is 0 Å². The fourth-order valence-electron chi connectivity index (χ4n) is 0.996.